The van der Waals surface area contributed by atoms with E-state index in [1.807, 2.05) is 55.5 Å². The second-order valence-electron chi connectivity index (χ2n) is 5.52. The molecule has 2 aromatic carbocycles. The summed E-state index contributed by atoms with van der Waals surface area (Å²) in [6.45, 7) is 1.98. The van der Waals surface area contributed by atoms with Crippen molar-refractivity contribution >= 4 is 56.6 Å². The lowest BCUT2D eigenvalue weighted by Gasteiger charge is -2.04. The Hall–Kier alpha value is -2.22. The van der Waals surface area contributed by atoms with Gasteiger partial charge >= 0.3 is 0 Å². The molecule has 5 nitrogen and oxygen atoms in total. The number of aryl methyl sites for hydroxylation is 1. The Balaban J connectivity index is 1.44. The number of nitrogens with one attached hydrogen (secondary N) is 1. The standard InChI is InChI=1S/C18H14ClN5S2/c1-11-17(22-15-5-3-2-4-14(15)20-11)25-10-16-23-24-18(26-16)21-13-8-6-12(19)7-9-13/h2-9H,10H2,1H3,(H,21,24). The van der Waals surface area contributed by atoms with Gasteiger partial charge in [-0.3, -0.25) is 0 Å². The van der Waals surface area contributed by atoms with E-state index in [4.69, 9.17) is 16.6 Å². The summed E-state index contributed by atoms with van der Waals surface area (Å²) in [5.41, 5.74) is 3.68. The fourth-order valence-electron chi connectivity index (χ4n) is 2.36. The molecular weight excluding hydrogens is 386 g/mol. The predicted octanol–water partition coefficient (Wildman–Crippen LogP) is 5.48. The van der Waals surface area contributed by atoms with Crippen LogP contribution in [0.5, 0.6) is 0 Å². The molecule has 26 heavy (non-hydrogen) atoms. The van der Waals surface area contributed by atoms with Crippen molar-refractivity contribution in [2.45, 2.75) is 17.7 Å². The van der Waals surface area contributed by atoms with Gasteiger partial charge in [0.1, 0.15) is 10.0 Å². The van der Waals surface area contributed by atoms with E-state index in [9.17, 15) is 0 Å². The van der Waals surface area contributed by atoms with Gasteiger partial charge in [0.05, 0.1) is 22.5 Å². The van der Waals surface area contributed by atoms with E-state index in [0.29, 0.717) is 10.8 Å². The molecule has 0 aliphatic rings. The summed E-state index contributed by atoms with van der Waals surface area (Å²) >= 11 is 9.05. The molecule has 1 N–H and O–H groups in total. The van der Waals surface area contributed by atoms with Crippen LogP contribution in [0.15, 0.2) is 53.6 Å². The van der Waals surface area contributed by atoms with Crippen molar-refractivity contribution in [3.05, 3.63) is 64.3 Å². The fourth-order valence-corrected chi connectivity index (χ4v) is 4.19. The first-order valence-corrected chi connectivity index (χ1v) is 10.1. The molecule has 0 aliphatic carbocycles. The van der Waals surface area contributed by atoms with Gasteiger partial charge in [0.25, 0.3) is 0 Å². The maximum atomic E-state index is 5.90. The maximum Gasteiger partial charge on any atom is 0.210 e. The van der Waals surface area contributed by atoms with E-state index in [0.717, 1.165) is 37.6 Å². The van der Waals surface area contributed by atoms with Gasteiger partial charge in [0.2, 0.25) is 5.13 Å². The lowest BCUT2D eigenvalue weighted by molar-refractivity contribution is 1.02. The minimum Gasteiger partial charge on any atom is -0.330 e. The average Bonchev–Trinajstić information content (AvgIpc) is 3.09. The number of anilines is 2. The monoisotopic (exact) mass is 399 g/mol. The van der Waals surface area contributed by atoms with Crippen LogP contribution in [0.3, 0.4) is 0 Å². The quantitative estimate of drug-likeness (QED) is 0.448. The smallest absolute Gasteiger partial charge is 0.210 e. The van der Waals surface area contributed by atoms with Gasteiger partial charge in [0.15, 0.2) is 0 Å². The van der Waals surface area contributed by atoms with Crippen LogP contribution in [0.25, 0.3) is 11.0 Å². The van der Waals surface area contributed by atoms with Crippen molar-refractivity contribution in [1.29, 1.82) is 0 Å². The molecule has 4 aromatic rings. The normalized spacial score (nSPS) is 11.0. The Morgan fingerprint density at radius 2 is 1.73 bits per heavy atom. The first-order chi connectivity index (χ1) is 12.7. The second kappa shape index (κ2) is 7.57. The molecule has 0 spiro atoms. The van der Waals surface area contributed by atoms with Gasteiger partial charge in [-0.25, -0.2) is 9.97 Å². The molecule has 2 heterocycles. The zero-order valence-electron chi connectivity index (χ0n) is 13.8. The van der Waals surface area contributed by atoms with Gasteiger partial charge < -0.3 is 5.32 Å². The van der Waals surface area contributed by atoms with E-state index >= 15 is 0 Å². The van der Waals surface area contributed by atoms with Crippen LogP contribution in [0, 0.1) is 6.92 Å². The summed E-state index contributed by atoms with van der Waals surface area (Å²) in [5.74, 6) is 0.702. The van der Waals surface area contributed by atoms with Gasteiger partial charge in [-0.05, 0) is 43.3 Å². The third-order valence-corrected chi connectivity index (χ3v) is 5.95. The zero-order chi connectivity index (χ0) is 17.9. The van der Waals surface area contributed by atoms with Crippen molar-refractivity contribution in [3.63, 3.8) is 0 Å². The van der Waals surface area contributed by atoms with E-state index in [1.54, 1.807) is 11.8 Å². The number of benzene rings is 2. The molecule has 0 atom stereocenters. The van der Waals surface area contributed by atoms with Crippen LogP contribution in [0.1, 0.15) is 10.7 Å². The highest BCUT2D eigenvalue weighted by Gasteiger charge is 2.09. The van der Waals surface area contributed by atoms with E-state index in [1.165, 1.54) is 11.3 Å². The topological polar surface area (TPSA) is 63.6 Å². The summed E-state index contributed by atoms with van der Waals surface area (Å²) in [7, 11) is 0. The van der Waals surface area contributed by atoms with Crippen molar-refractivity contribution in [2.24, 2.45) is 0 Å². The molecule has 4 rings (SSSR count). The number of thioether (sulfide) groups is 1. The summed E-state index contributed by atoms with van der Waals surface area (Å²) in [6, 6.07) is 15.4. The molecule has 0 bridgehead atoms. The van der Waals surface area contributed by atoms with Gasteiger partial charge in [-0.2, -0.15) is 0 Å². The van der Waals surface area contributed by atoms with Crippen molar-refractivity contribution in [1.82, 2.24) is 20.2 Å². The zero-order valence-corrected chi connectivity index (χ0v) is 16.2. The van der Waals surface area contributed by atoms with Crippen LogP contribution in [0.4, 0.5) is 10.8 Å². The molecule has 0 saturated carbocycles. The number of fused-ring (bicyclic) bond motifs is 1. The fraction of sp³-hybridized carbons (Fsp3) is 0.111. The highest BCUT2D eigenvalue weighted by atomic mass is 35.5. The van der Waals surface area contributed by atoms with Gasteiger partial charge in [0, 0.05) is 10.7 Å². The first kappa shape index (κ1) is 17.2. The Kier molecular flexibility index (Phi) is 5.01. The highest BCUT2D eigenvalue weighted by Crippen LogP contribution is 2.28. The molecule has 0 saturated heterocycles. The lowest BCUT2D eigenvalue weighted by atomic mass is 10.3. The Labute approximate surface area is 163 Å². The highest BCUT2D eigenvalue weighted by molar-refractivity contribution is 7.98. The molecular formula is C18H14ClN5S2. The Bertz CT molecular complexity index is 1050. The Morgan fingerprint density at radius 3 is 2.50 bits per heavy atom. The van der Waals surface area contributed by atoms with Crippen molar-refractivity contribution in [3.8, 4) is 0 Å². The minimum absolute atomic E-state index is 0.702. The summed E-state index contributed by atoms with van der Waals surface area (Å²) in [5, 5.41) is 15.0. The number of hydrogen-bond acceptors (Lipinski definition) is 7. The van der Waals surface area contributed by atoms with Gasteiger partial charge in [-0.1, -0.05) is 46.8 Å². The largest absolute Gasteiger partial charge is 0.330 e. The predicted molar refractivity (Wildman–Crippen MR) is 108 cm³/mol. The number of rotatable bonds is 5. The van der Waals surface area contributed by atoms with Crippen molar-refractivity contribution < 1.29 is 0 Å². The molecule has 0 radical (unpaired) electrons. The minimum atomic E-state index is 0.702. The molecule has 0 fully saturated rings. The Morgan fingerprint density at radius 1 is 1.00 bits per heavy atom. The van der Waals surface area contributed by atoms with E-state index in [2.05, 4.69) is 20.5 Å². The summed E-state index contributed by atoms with van der Waals surface area (Å²) in [6.07, 6.45) is 0. The number of aromatic nitrogens is 4. The summed E-state index contributed by atoms with van der Waals surface area (Å²) < 4.78 is 0. The molecule has 0 aliphatic heterocycles. The molecule has 0 unspecified atom stereocenters. The van der Waals surface area contributed by atoms with Crippen LogP contribution < -0.4 is 5.32 Å². The lowest BCUT2D eigenvalue weighted by Crippen LogP contribution is -1.93. The molecule has 8 heteroatoms. The average molecular weight is 400 g/mol. The number of halogens is 1. The third-order valence-electron chi connectivity index (χ3n) is 3.60. The number of hydrogen-bond donors (Lipinski definition) is 1. The number of para-hydroxylation sites is 2. The van der Waals surface area contributed by atoms with Gasteiger partial charge in [-0.15, -0.1) is 10.2 Å². The molecule has 0 amide bonds. The van der Waals surface area contributed by atoms with Crippen LogP contribution >= 0.6 is 34.7 Å². The SMILES string of the molecule is Cc1nc2ccccc2nc1SCc1nnc(Nc2ccc(Cl)cc2)s1. The van der Waals surface area contributed by atoms with Crippen LogP contribution in [-0.2, 0) is 5.75 Å². The molecule has 130 valence electrons. The van der Waals surface area contributed by atoms with Crippen LogP contribution in [0.2, 0.25) is 5.02 Å². The summed E-state index contributed by atoms with van der Waals surface area (Å²) in [4.78, 5) is 9.32. The first-order valence-electron chi connectivity index (χ1n) is 7.88. The third kappa shape index (κ3) is 3.95. The van der Waals surface area contributed by atoms with Crippen molar-refractivity contribution in [2.75, 3.05) is 5.32 Å². The van der Waals surface area contributed by atoms with Crippen LogP contribution in [-0.4, -0.2) is 20.2 Å². The van der Waals surface area contributed by atoms with E-state index < -0.39 is 0 Å². The molecule has 2 aromatic heterocycles. The number of nitrogens with zero attached hydrogens (tertiary/aromatic N) is 4. The second-order valence-corrected chi connectivity index (χ2v) is 7.99. The van der Waals surface area contributed by atoms with E-state index in [-0.39, 0.29) is 0 Å². The maximum absolute atomic E-state index is 5.90.